The van der Waals surface area contributed by atoms with Gasteiger partial charge in [0.05, 0.1) is 13.2 Å². The second kappa shape index (κ2) is 20.5. The predicted molar refractivity (Wildman–Crippen MR) is 168 cm³/mol. The van der Waals surface area contributed by atoms with Gasteiger partial charge < -0.3 is 24.3 Å². The number of nitrogens with zero attached hydrogens (tertiary/aromatic N) is 3. The molecular formula is C34H48N4O6. The molecule has 0 unspecified atom stereocenters. The molecule has 10 heteroatoms. The van der Waals surface area contributed by atoms with Crippen LogP contribution in [0.5, 0.6) is 0 Å². The van der Waals surface area contributed by atoms with Gasteiger partial charge in [0.2, 0.25) is 0 Å². The van der Waals surface area contributed by atoms with Gasteiger partial charge in [0.15, 0.2) is 18.4 Å². The molecule has 240 valence electrons. The van der Waals surface area contributed by atoms with Crippen LogP contribution in [0.3, 0.4) is 0 Å². The first-order chi connectivity index (χ1) is 21.5. The summed E-state index contributed by atoms with van der Waals surface area (Å²) in [7, 11) is 0. The van der Waals surface area contributed by atoms with Crippen molar-refractivity contribution in [1.82, 2.24) is 5.32 Å². The summed E-state index contributed by atoms with van der Waals surface area (Å²) in [5, 5.41) is 6.73. The molecule has 10 nitrogen and oxygen atoms in total. The molecule has 2 aromatic rings. The van der Waals surface area contributed by atoms with E-state index >= 15 is 0 Å². The van der Waals surface area contributed by atoms with Gasteiger partial charge in [0.1, 0.15) is 12.2 Å². The van der Waals surface area contributed by atoms with Crippen LogP contribution in [0, 0.1) is 0 Å². The van der Waals surface area contributed by atoms with Crippen LogP contribution in [0.25, 0.3) is 10.4 Å². The third kappa shape index (κ3) is 12.3. The molecule has 3 rings (SSSR count). The summed E-state index contributed by atoms with van der Waals surface area (Å²) in [5.41, 5.74) is 11.0. The molecule has 0 saturated carbocycles. The Hall–Kier alpha value is -3.43. The molecule has 2 aromatic carbocycles. The molecule has 0 bridgehead atoms. The molecule has 44 heavy (non-hydrogen) atoms. The van der Waals surface area contributed by atoms with Gasteiger partial charge in [-0.05, 0) is 23.1 Å². The van der Waals surface area contributed by atoms with Crippen LogP contribution < -0.4 is 5.32 Å². The lowest BCUT2D eigenvalue weighted by molar-refractivity contribution is -0.158. The fourth-order valence-corrected chi connectivity index (χ4v) is 5.33. The number of azide groups is 1. The van der Waals surface area contributed by atoms with Gasteiger partial charge >= 0.3 is 5.97 Å². The summed E-state index contributed by atoms with van der Waals surface area (Å²) >= 11 is 0. The Kier molecular flexibility index (Phi) is 16.3. The first-order valence-electron chi connectivity index (χ1n) is 16.0. The van der Waals surface area contributed by atoms with Crippen LogP contribution in [0.2, 0.25) is 0 Å². The Morgan fingerprint density at radius 1 is 0.864 bits per heavy atom. The van der Waals surface area contributed by atoms with Crippen LogP contribution in [-0.4, -0.2) is 49.1 Å². The lowest BCUT2D eigenvalue weighted by Gasteiger charge is -2.28. The van der Waals surface area contributed by atoms with E-state index in [1.165, 1.54) is 51.9 Å². The molecule has 0 aliphatic carbocycles. The van der Waals surface area contributed by atoms with Crippen LogP contribution in [0.15, 0.2) is 65.8 Å². The number of carbonyl (C=O) groups is 2. The Balaban J connectivity index is 1.68. The van der Waals surface area contributed by atoms with Crippen molar-refractivity contribution >= 4 is 11.9 Å². The first-order valence-corrected chi connectivity index (χ1v) is 16.0. The Morgan fingerprint density at radius 2 is 1.43 bits per heavy atom. The molecule has 0 aromatic heterocycles. The number of ether oxygens (including phenoxy) is 4. The first kappa shape index (κ1) is 35.1. The zero-order valence-corrected chi connectivity index (χ0v) is 26.1. The molecule has 1 heterocycles. The van der Waals surface area contributed by atoms with E-state index in [0.29, 0.717) is 6.54 Å². The Morgan fingerprint density at radius 3 is 2.00 bits per heavy atom. The van der Waals surface area contributed by atoms with Crippen molar-refractivity contribution in [2.24, 2.45) is 5.11 Å². The number of benzene rings is 2. The van der Waals surface area contributed by atoms with Gasteiger partial charge in [0, 0.05) is 18.4 Å². The number of carbonyl (C=O) groups excluding carboxylic acids is 2. The van der Waals surface area contributed by atoms with Crippen LogP contribution in [-0.2, 0) is 41.8 Å². The van der Waals surface area contributed by atoms with Gasteiger partial charge in [-0.25, -0.2) is 0 Å². The zero-order chi connectivity index (χ0) is 31.4. The number of esters is 1. The molecule has 0 spiro atoms. The molecule has 5 atom stereocenters. The summed E-state index contributed by atoms with van der Waals surface area (Å²) in [4.78, 5) is 28.6. The highest BCUT2D eigenvalue weighted by Crippen LogP contribution is 2.32. The second-order valence-electron chi connectivity index (χ2n) is 11.2. The van der Waals surface area contributed by atoms with E-state index < -0.39 is 36.6 Å². The molecule has 0 radical (unpaired) electrons. The largest absolute Gasteiger partial charge is 0.457 e. The maximum Gasteiger partial charge on any atom is 0.303 e. The number of unbranched alkanes of at least 4 members (excludes halogenated alkanes) is 9. The minimum Gasteiger partial charge on any atom is -0.457 e. The number of rotatable bonds is 21. The van der Waals surface area contributed by atoms with Crippen molar-refractivity contribution < 1.29 is 28.5 Å². The third-order valence-corrected chi connectivity index (χ3v) is 7.64. The monoisotopic (exact) mass is 608 g/mol. The smallest absolute Gasteiger partial charge is 0.303 e. The fraction of sp³-hybridized carbons (Fsp3) is 0.588. The van der Waals surface area contributed by atoms with E-state index in [-0.39, 0.29) is 19.1 Å². The van der Waals surface area contributed by atoms with Crippen molar-refractivity contribution in [2.45, 2.75) is 122 Å². The zero-order valence-electron chi connectivity index (χ0n) is 26.1. The van der Waals surface area contributed by atoms with Crippen molar-refractivity contribution in [2.75, 3.05) is 6.54 Å². The molecule has 1 fully saturated rings. The minimum atomic E-state index is -1.19. The maximum absolute atomic E-state index is 13.6. The van der Waals surface area contributed by atoms with Gasteiger partial charge in [-0.15, -0.1) is 0 Å². The van der Waals surface area contributed by atoms with Crippen LogP contribution in [0.1, 0.15) is 89.2 Å². The highest BCUT2D eigenvalue weighted by atomic mass is 16.6. The van der Waals surface area contributed by atoms with Gasteiger partial charge in [-0.1, -0.05) is 130 Å². The lowest BCUT2D eigenvalue weighted by Crippen LogP contribution is -2.50. The fourth-order valence-electron chi connectivity index (χ4n) is 5.33. The number of hydrogen-bond donors (Lipinski definition) is 1. The Labute approximate surface area is 261 Å². The average Bonchev–Trinajstić information content (AvgIpc) is 3.35. The topological polar surface area (TPSA) is 132 Å². The minimum absolute atomic E-state index is 0.146. The summed E-state index contributed by atoms with van der Waals surface area (Å²) in [6.45, 7) is 4.30. The summed E-state index contributed by atoms with van der Waals surface area (Å²) in [6, 6.07) is 19.0. The van der Waals surface area contributed by atoms with Gasteiger partial charge in [-0.2, -0.15) is 0 Å². The van der Waals surface area contributed by atoms with E-state index in [4.69, 9.17) is 18.9 Å². The normalized spacial score (nSPS) is 20.0. The second-order valence-corrected chi connectivity index (χ2v) is 11.2. The van der Waals surface area contributed by atoms with Crippen LogP contribution in [0.4, 0.5) is 0 Å². The molecule has 1 aliphatic rings. The standard InChI is InChI=1S/C34H48N4O6/c1-3-4-5-6-7-8-9-10-11-18-23-36-33(40)31(42-25-28-21-16-13-17-22-28)30-29(41-24-27-19-14-12-15-20-27)32(43-26(2)39)34(44-30)37-38-35/h12-17,19-22,29-32,34H,3-11,18,23-25H2,1-2H3,(H,36,40)/t29-,30-,31-,32+,34-/m0/s1. The summed E-state index contributed by atoms with van der Waals surface area (Å²) in [5.74, 6) is -0.948. The average molecular weight is 609 g/mol. The molecule has 1 aliphatic heterocycles. The summed E-state index contributed by atoms with van der Waals surface area (Å²) in [6.07, 6.45) is 6.68. The van der Waals surface area contributed by atoms with E-state index in [1.54, 1.807) is 0 Å². The van der Waals surface area contributed by atoms with Crippen molar-refractivity contribution in [3.63, 3.8) is 0 Å². The number of nitrogens with one attached hydrogen (secondary N) is 1. The number of hydrogen-bond acceptors (Lipinski definition) is 7. The summed E-state index contributed by atoms with van der Waals surface area (Å²) < 4.78 is 24.1. The Bertz CT molecular complexity index is 1140. The number of amides is 1. The van der Waals surface area contributed by atoms with Crippen molar-refractivity contribution in [3.8, 4) is 0 Å². The van der Waals surface area contributed by atoms with E-state index in [1.807, 2.05) is 60.7 Å². The highest BCUT2D eigenvalue weighted by molar-refractivity contribution is 5.81. The van der Waals surface area contributed by atoms with Crippen molar-refractivity contribution in [1.29, 1.82) is 0 Å². The quantitative estimate of drug-likeness (QED) is 0.0526. The van der Waals surface area contributed by atoms with E-state index in [0.717, 1.165) is 30.4 Å². The molecule has 1 N–H and O–H groups in total. The van der Waals surface area contributed by atoms with Crippen LogP contribution >= 0.6 is 0 Å². The third-order valence-electron chi connectivity index (χ3n) is 7.64. The van der Waals surface area contributed by atoms with E-state index in [9.17, 15) is 15.1 Å². The molecule has 1 saturated heterocycles. The van der Waals surface area contributed by atoms with Crippen molar-refractivity contribution in [3.05, 3.63) is 82.2 Å². The SMILES string of the molecule is CCCCCCCCCCCCNC(=O)[C@@H](OCc1ccccc1)[C@H]1O[C@H](N=[N+]=[N-])[C@H](OC(C)=O)[C@H]1OCc1ccccc1. The lowest BCUT2D eigenvalue weighted by atomic mass is 10.0. The molecule has 1 amide bonds. The predicted octanol–water partition coefficient (Wildman–Crippen LogP) is 7.16. The van der Waals surface area contributed by atoms with Gasteiger partial charge in [0.25, 0.3) is 5.91 Å². The van der Waals surface area contributed by atoms with Gasteiger partial charge in [-0.3, -0.25) is 9.59 Å². The van der Waals surface area contributed by atoms with E-state index in [2.05, 4.69) is 22.3 Å². The maximum atomic E-state index is 13.6. The molecular weight excluding hydrogens is 560 g/mol. The highest BCUT2D eigenvalue weighted by Gasteiger charge is 2.52.